The van der Waals surface area contributed by atoms with Gasteiger partial charge < -0.3 is 4.43 Å². The molecule has 0 aliphatic carbocycles. The van der Waals surface area contributed by atoms with Crippen molar-refractivity contribution in [3.8, 4) is 0 Å². The molecular weight excluding hydrogens is 272 g/mol. The first-order valence-electron chi connectivity index (χ1n) is 7.57. The van der Waals surface area contributed by atoms with Crippen molar-refractivity contribution in [1.82, 2.24) is 0 Å². The van der Waals surface area contributed by atoms with Crippen LogP contribution in [0.4, 0.5) is 0 Å². The van der Waals surface area contributed by atoms with Gasteiger partial charge in [-0.3, -0.25) is 0 Å². The van der Waals surface area contributed by atoms with Gasteiger partial charge in [-0.15, -0.1) is 0 Å². The Labute approximate surface area is 131 Å². The average molecular weight is 296 g/mol. The Hall–Kier alpha value is -1.38. The molecule has 0 unspecified atom stereocenters. The molecule has 0 atom stereocenters. The van der Waals surface area contributed by atoms with Crippen molar-refractivity contribution >= 4 is 9.76 Å². The highest BCUT2D eigenvalue weighted by atomic mass is 28.2. The van der Waals surface area contributed by atoms with Crippen LogP contribution < -0.4 is 0 Å². The number of hydrogen-bond donors (Lipinski definition) is 0. The van der Waals surface area contributed by atoms with E-state index >= 15 is 0 Å². The maximum Gasteiger partial charge on any atom is 0.230 e. The molecule has 2 aromatic carbocycles. The van der Waals surface area contributed by atoms with Crippen molar-refractivity contribution in [3.05, 3.63) is 71.8 Å². The lowest BCUT2D eigenvalue weighted by molar-refractivity contribution is 0.138. The van der Waals surface area contributed by atoms with E-state index in [9.17, 15) is 0 Å². The Morgan fingerprint density at radius 3 is 1.76 bits per heavy atom. The van der Waals surface area contributed by atoms with E-state index in [1.165, 1.54) is 11.1 Å². The van der Waals surface area contributed by atoms with E-state index < -0.39 is 0 Å². The fraction of sp³-hybridized carbons (Fsp3) is 0.368. The van der Waals surface area contributed by atoms with Crippen molar-refractivity contribution in [1.29, 1.82) is 0 Å². The van der Waals surface area contributed by atoms with Gasteiger partial charge in [-0.25, -0.2) is 0 Å². The molecule has 2 aromatic rings. The van der Waals surface area contributed by atoms with Gasteiger partial charge in [0.1, 0.15) is 0 Å². The summed E-state index contributed by atoms with van der Waals surface area (Å²) in [5.41, 5.74) is 2.75. The maximum absolute atomic E-state index is 5.88. The summed E-state index contributed by atoms with van der Waals surface area (Å²) in [6, 6.07) is 22.7. The van der Waals surface area contributed by atoms with Crippen LogP contribution in [0.25, 0.3) is 0 Å². The minimum Gasteiger partial charge on any atom is -0.413 e. The Bertz CT molecular complexity index is 477. The molecule has 2 heteroatoms. The van der Waals surface area contributed by atoms with Crippen LogP contribution in [0.2, 0.25) is 6.04 Å². The Balaban J connectivity index is 2.04. The van der Waals surface area contributed by atoms with Crippen LogP contribution in [-0.2, 0) is 4.43 Å². The molecule has 0 saturated carbocycles. The second-order valence-electron chi connectivity index (χ2n) is 6.27. The van der Waals surface area contributed by atoms with Gasteiger partial charge in [0.25, 0.3) is 0 Å². The highest BCUT2D eigenvalue weighted by molar-refractivity contribution is 6.27. The molecule has 0 bridgehead atoms. The highest BCUT2D eigenvalue weighted by Crippen LogP contribution is 2.29. The molecule has 0 fully saturated rings. The summed E-state index contributed by atoms with van der Waals surface area (Å²) < 4.78 is 5.88. The van der Waals surface area contributed by atoms with Crippen LogP contribution in [0.1, 0.15) is 44.2 Å². The number of benzene rings is 2. The molecule has 0 aromatic heterocycles. The van der Waals surface area contributed by atoms with E-state index in [-0.39, 0.29) is 5.60 Å². The lowest BCUT2D eigenvalue weighted by atomic mass is 9.89. The van der Waals surface area contributed by atoms with Crippen LogP contribution >= 0.6 is 0 Å². The predicted octanol–water partition coefficient (Wildman–Crippen LogP) is 5.06. The third-order valence-corrected chi connectivity index (χ3v) is 4.57. The van der Waals surface area contributed by atoms with Crippen LogP contribution in [0.15, 0.2) is 60.7 Å². The monoisotopic (exact) mass is 296 g/mol. The summed E-state index contributed by atoms with van der Waals surface area (Å²) in [6.45, 7) is 6.35. The van der Waals surface area contributed by atoms with Gasteiger partial charge in [0.15, 0.2) is 0 Å². The summed E-state index contributed by atoms with van der Waals surface area (Å²) in [5.74, 6) is 0.462. The van der Waals surface area contributed by atoms with Crippen molar-refractivity contribution in [3.63, 3.8) is 0 Å². The third kappa shape index (κ3) is 5.48. The Morgan fingerprint density at radius 1 is 0.857 bits per heavy atom. The van der Waals surface area contributed by atoms with Gasteiger partial charge >= 0.3 is 0 Å². The molecule has 0 spiro atoms. The van der Waals surface area contributed by atoms with Crippen molar-refractivity contribution in [2.24, 2.45) is 0 Å². The molecule has 0 N–H and O–H groups in total. The van der Waals surface area contributed by atoms with Gasteiger partial charge in [0.2, 0.25) is 9.76 Å². The molecule has 1 nitrogen and oxygen atoms in total. The maximum atomic E-state index is 5.88. The second-order valence-corrected chi connectivity index (χ2v) is 7.26. The predicted molar refractivity (Wildman–Crippen MR) is 90.7 cm³/mol. The van der Waals surface area contributed by atoms with Crippen molar-refractivity contribution in [2.75, 3.05) is 0 Å². The lowest BCUT2D eigenvalue weighted by Gasteiger charge is -2.21. The summed E-state index contributed by atoms with van der Waals surface area (Å²) in [6.07, 6.45) is 1.13. The minimum absolute atomic E-state index is 0.0343. The van der Waals surface area contributed by atoms with Crippen molar-refractivity contribution in [2.45, 2.75) is 44.8 Å². The van der Waals surface area contributed by atoms with Gasteiger partial charge in [-0.2, -0.15) is 0 Å². The number of hydrogen-bond acceptors (Lipinski definition) is 1. The first-order valence-corrected chi connectivity index (χ1v) is 8.68. The standard InChI is InChI=1S/C19H24OSi/c1-19(2,3)20-21-15-14-18(16-10-6-4-7-11-16)17-12-8-5-9-13-17/h4-13,18H,14-15H2,1-3H3. The molecule has 0 aliphatic heterocycles. The Kier molecular flexibility index (Phi) is 5.77. The largest absolute Gasteiger partial charge is 0.413 e. The molecule has 110 valence electrons. The van der Waals surface area contributed by atoms with Gasteiger partial charge in [-0.1, -0.05) is 60.7 Å². The average Bonchev–Trinajstić information content (AvgIpc) is 2.48. The first-order chi connectivity index (χ1) is 10.1. The molecular formula is C19H24OSi. The van der Waals surface area contributed by atoms with E-state index in [4.69, 9.17) is 4.43 Å². The fourth-order valence-corrected chi connectivity index (χ4v) is 3.31. The summed E-state index contributed by atoms with van der Waals surface area (Å²) in [4.78, 5) is 0. The zero-order chi connectivity index (χ0) is 15.1. The second kappa shape index (κ2) is 7.58. The van der Waals surface area contributed by atoms with Crippen LogP contribution in [0.3, 0.4) is 0 Å². The van der Waals surface area contributed by atoms with E-state index in [1.807, 2.05) is 0 Å². The van der Waals surface area contributed by atoms with E-state index in [1.54, 1.807) is 0 Å². The van der Waals surface area contributed by atoms with E-state index in [2.05, 4.69) is 81.4 Å². The highest BCUT2D eigenvalue weighted by Gasteiger charge is 2.15. The first kappa shape index (κ1) is 16.0. The van der Waals surface area contributed by atoms with E-state index in [0.29, 0.717) is 15.7 Å². The quantitative estimate of drug-likeness (QED) is 0.534. The molecule has 0 saturated heterocycles. The minimum atomic E-state index is -0.0343. The molecule has 0 aliphatic rings. The lowest BCUT2D eigenvalue weighted by Crippen LogP contribution is -2.21. The normalized spacial score (nSPS) is 11.8. The van der Waals surface area contributed by atoms with Gasteiger partial charge in [0, 0.05) is 11.5 Å². The Morgan fingerprint density at radius 2 is 1.33 bits per heavy atom. The fourth-order valence-electron chi connectivity index (χ4n) is 2.37. The molecule has 2 rings (SSSR count). The molecule has 21 heavy (non-hydrogen) atoms. The summed E-state index contributed by atoms with van der Waals surface area (Å²) >= 11 is 0. The molecule has 2 radical (unpaired) electrons. The van der Waals surface area contributed by atoms with Crippen LogP contribution in [0.5, 0.6) is 0 Å². The van der Waals surface area contributed by atoms with Gasteiger partial charge in [-0.05, 0) is 44.4 Å². The zero-order valence-electron chi connectivity index (χ0n) is 13.2. The summed E-state index contributed by atoms with van der Waals surface area (Å²) in [5, 5.41) is 0. The van der Waals surface area contributed by atoms with E-state index in [0.717, 1.165) is 12.5 Å². The van der Waals surface area contributed by atoms with Gasteiger partial charge in [0.05, 0.1) is 0 Å². The topological polar surface area (TPSA) is 9.23 Å². The summed E-state index contributed by atoms with van der Waals surface area (Å²) in [7, 11) is 0.566. The third-order valence-electron chi connectivity index (χ3n) is 3.32. The molecule has 0 amide bonds. The number of rotatable bonds is 6. The van der Waals surface area contributed by atoms with Crippen LogP contribution in [-0.4, -0.2) is 15.4 Å². The zero-order valence-corrected chi connectivity index (χ0v) is 14.2. The SMILES string of the molecule is CC(C)(C)O[Si]CCC(c1ccccc1)c1ccccc1. The smallest absolute Gasteiger partial charge is 0.230 e. The van der Waals surface area contributed by atoms with Crippen LogP contribution in [0, 0.1) is 0 Å². The van der Waals surface area contributed by atoms with Crippen molar-refractivity contribution < 1.29 is 4.43 Å². The molecule has 0 heterocycles.